The third-order valence-electron chi connectivity index (χ3n) is 3.21. The zero-order valence-corrected chi connectivity index (χ0v) is 12.9. The summed E-state index contributed by atoms with van der Waals surface area (Å²) in [6, 6.07) is 9.81. The highest BCUT2D eigenvalue weighted by atomic mass is 16.3. The van der Waals surface area contributed by atoms with Gasteiger partial charge in [0.15, 0.2) is 0 Å². The normalized spacial score (nSPS) is 15.5. The smallest absolute Gasteiger partial charge is 0.0992 e. The predicted molar refractivity (Wildman–Crippen MR) is 81.2 cm³/mol. The van der Waals surface area contributed by atoms with Crippen molar-refractivity contribution in [2.24, 2.45) is 5.41 Å². The minimum Gasteiger partial charge on any atom is -0.384 e. The summed E-state index contributed by atoms with van der Waals surface area (Å²) < 4.78 is 0. The van der Waals surface area contributed by atoms with Gasteiger partial charge in [0, 0.05) is 19.6 Å². The maximum absolute atomic E-state index is 10.5. The molecule has 2 N–H and O–H groups in total. The van der Waals surface area contributed by atoms with Crippen molar-refractivity contribution in [3.63, 3.8) is 0 Å². The van der Waals surface area contributed by atoms with Crippen LogP contribution in [0.3, 0.4) is 0 Å². The molecule has 1 atom stereocenters. The van der Waals surface area contributed by atoms with E-state index in [-0.39, 0.29) is 5.41 Å². The van der Waals surface area contributed by atoms with E-state index in [2.05, 4.69) is 38.2 Å². The summed E-state index contributed by atoms with van der Waals surface area (Å²) in [5.74, 6) is 0. The van der Waals surface area contributed by atoms with Crippen molar-refractivity contribution in [1.82, 2.24) is 10.2 Å². The lowest BCUT2D eigenvalue weighted by molar-refractivity contribution is 0.0535. The monoisotopic (exact) mass is 264 g/mol. The second-order valence-corrected chi connectivity index (χ2v) is 6.65. The Balaban J connectivity index is 2.48. The predicted octanol–water partition coefficient (Wildman–Crippen LogP) is 2.07. The molecule has 1 rings (SSSR count). The van der Waals surface area contributed by atoms with Crippen LogP contribution in [0.1, 0.15) is 26.3 Å². The van der Waals surface area contributed by atoms with Crippen molar-refractivity contribution in [1.29, 1.82) is 0 Å². The minimum absolute atomic E-state index is 0.191. The third-order valence-corrected chi connectivity index (χ3v) is 3.21. The molecule has 108 valence electrons. The van der Waals surface area contributed by atoms with Gasteiger partial charge in [-0.05, 0) is 32.0 Å². The number of nitrogens with zero attached hydrogens (tertiary/aromatic N) is 1. The van der Waals surface area contributed by atoms with Gasteiger partial charge >= 0.3 is 0 Å². The van der Waals surface area contributed by atoms with Crippen molar-refractivity contribution >= 4 is 0 Å². The molecule has 0 amide bonds. The molecule has 0 radical (unpaired) electrons. The molecule has 0 aliphatic heterocycles. The average Bonchev–Trinajstić information content (AvgIpc) is 2.27. The number of aliphatic hydroxyl groups is 1. The van der Waals surface area contributed by atoms with Gasteiger partial charge in [0.2, 0.25) is 0 Å². The Bertz CT molecular complexity index is 372. The number of hydrogen-bond donors (Lipinski definition) is 2. The maximum atomic E-state index is 10.5. The van der Waals surface area contributed by atoms with Crippen LogP contribution in [0.2, 0.25) is 0 Å². The first kappa shape index (κ1) is 16.2. The Morgan fingerprint density at radius 3 is 2.16 bits per heavy atom. The molecule has 3 heteroatoms. The molecule has 1 unspecified atom stereocenters. The van der Waals surface area contributed by atoms with Gasteiger partial charge in [-0.2, -0.15) is 0 Å². The zero-order chi connectivity index (χ0) is 14.5. The van der Waals surface area contributed by atoms with Crippen LogP contribution < -0.4 is 5.32 Å². The number of rotatable bonds is 7. The molecule has 19 heavy (non-hydrogen) atoms. The summed E-state index contributed by atoms with van der Waals surface area (Å²) in [4.78, 5) is 2.19. The van der Waals surface area contributed by atoms with Crippen LogP contribution in [-0.4, -0.2) is 43.7 Å². The minimum atomic E-state index is -0.824. The first-order valence-corrected chi connectivity index (χ1v) is 6.86. The van der Waals surface area contributed by atoms with Crippen molar-refractivity contribution in [2.75, 3.05) is 33.7 Å². The molecule has 0 aliphatic rings. The molecule has 0 heterocycles. The van der Waals surface area contributed by atoms with Gasteiger partial charge in [0.25, 0.3) is 0 Å². The Morgan fingerprint density at radius 1 is 1.05 bits per heavy atom. The van der Waals surface area contributed by atoms with E-state index in [0.29, 0.717) is 6.54 Å². The molecule has 0 saturated carbocycles. The van der Waals surface area contributed by atoms with E-state index in [0.717, 1.165) is 18.7 Å². The highest BCUT2D eigenvalue weighted by molar-refractivity contribution is 5.21. The third kappa shape index (κ3) is 5.72. The Kier molecular flexibility index (Phi) is 5.53. The Labute approximate surface area is 117 Å². The van der Waals surface area contributed by atoms with Crippen LogP contribution in [0.15, 0.2) is 30.3 Å². The van der Waals surface area contributed by atoms with Gasteiger partial charge in [0.1, 0.15) is 0 Å². The maximum Gasteiger partial charge on any atom is 0.0992 e. The standard InChI is InChI=1S/C16H28N2O/c1-15(2,13-18(4)5)11-17-12-16(3,19)14-9-7-6-8-10-14/h6-10,17,19H,11-13H2,1-5H3. The lowest BCUT2D eigenvalue weighted by Crippen LogP contribution is -2.42. The van der Waals surface area contributed by atoms with Crippen LogP contribution >= 0.6 is 0 Å². The lowest BCUT2D eigenvalue weighted by atomic mass is 9.91. The first-order chi connectivity index (χ1) is 8.73. The second kappa shape index (κ2) is 6.51. The quantitative estimate of drug-likeness (QED) is 0.791. The van der Waals surface area contributed by atoms with Crippen LogP contribution in [0.4, 0.5) is 0 Å². The van der Waals surface area contributed by atoms with Gasteiger partial charge < -0.3 is 15.3 Å². The Morgan fingerprint density at radius 2 is 1.63 bits per heavy atom. The number of benzene rings is 1. The largest absolute Gasteiger partial charge is 0.384 e. The van der Waals surface area contributed by atoms with Crippen molar-refractivity contribution in [3.05, 3.63) is 35.9 Å². The van der Waals surface area contributed by atoms with Crippen LogP contribution in [0.25, 0.3) is 0 Å². The van der Waals surface area contributed by atoms with E-state index in [1.165, 1.54) is 0 Å². The van der Waals surface area contributed by atoms with Crippen LogP contribution in [-0.2, 0) is 5.60 Å². The molecule has 1 aromatic rings. The molecule has 0 spiro atoms. The summed E-state index contributed by atoms with van der Waals surface area (Å²) in [6.07, 6.45) is 0. The van der Waals surface area contributed by atoms with E-state index in [1.807, 2.05) is 37.3 Å². The van der Waals surface area contributed by atoms with Crippen LogP contribution in [0, 0.1) is 5.41 Å². The highest BCUT2D eigenvalue weighted by Crippen LogP contribution is 2.20. The number of hydrogen-bond acceptors (Lipinski definition) is 3. The summed E-state index contributed by atoms with van der Waals surface area (Å²) in [7, 11) is 4.17. The molecule has 0 aliphatic carbocycles. The van der Waals surface area contributed by atoms with Gasteiger partial charge in [-0.1, -0.05) is 44.2 Å². The fraction of sp³-hybridized carbons (Fsp3) is 0.625. The van der Waals surface area contributed by atoms with E-state index >= 15 is 0 Å². The highest BCUT2D eigenvalue weighted by Gasteiger charge is 2.24. The molecule has 1 aromatic carbocycles. The summed E-state index contributed by atoms with van der Waals surface area (Å²) in [6.45, 7) is 8.79. The van der Waals surface area contributed by atoms with E-state index in [1.54, 1.807) is 0 Å². The van der Waals surface area contributed by atoms with E-state index in [9.17, 15) is 5.11 Å². The summed E-state index contributed by atoms with van der Waals surface area (Å²) in [5.41, 5.74) is 0.319. The van der Waals surface area contributed by atoms with Crippen molar-refractivity contribution < 1.29 is 5.11 Å². The fourth-order valence-corrected chi connectivity index (χ4v) is 2.46. The molecule has 0 aromatic heterocycles. The second-order valence-electron chi connectivity index (χ2n) is 6.65. The molecule has 3 nitrogen and oxygen atoms in total. The van der Waals surface area contributed by atoms with Crippen LogP contribution in [0.5, 0.6) is 0 Å². The first-order valence-electron chi connectivity index (χ1n) is 6.86. The Hall–Kier alpha value is -0.900. The summed E-state index contributed by atoms with van der Waals surface area (Å²) >= 11 is 0. The van der Waals surface area contributed by atoms with E-state index in [4.69, 9.17) is 0 Å². The topological polar surface area (TPSA) is 35.5 Å². The van der Waals surface area contributed by atoms with E-state index < -0.39 is 5.60 Å². The molecule has 0 saturated heterocycles. The molecular weight excluding hydrogens is 236 g/mol. The lowest BCUT2D eigenvalue weighted by Gasteiger charge is -2.31. The number of nitrogens with one attached hydrogen (secondary N) is 1. The van der Waals surface area contributed by atoms with Gasteiger partial charge in [-0.15, -0.1) is 0 Å². The zero-order valence-electron chi connectivity index (χ0n) is 12.9. The summed E-state index contributed by atoms with van der Waals surface area (Å²) in [5, 5.41) is 13.9. The van der Waals surface area contributed by atoms with Crippen molar-refractivity contribution in [2.45, 2.75) is 26.4 Å². The molecule has 0 bridgehead atoms. The molecular formula is C16H28N2O. The van der Waals surface area contributed by atoms with Gasteiger partial charge in [-0.3, -0.25) is 0 Å². The average molecular weight is 264 g/mol. The van der Waals surface area contributed by atoms with Gasteiger partial charge in [0.05, 0.1) is 5.60 Å². The fourth-order valence-electron chi connectivity index (χ4n) is 2.46. The molecule has 0 fully saturated rings. The SMILES string of the molecule is CN(C)CC(C)(C)CNCC(C)(O)c1ccccc1. The van der Waals surface area contributed by atoms with Gasteiger partial charge in [-0.25, -0.2) is 0 Å². The van der Waals surface area contributed by atoms with Crippen molar-refractivity contribution in [3.8, 4) is 0 Å².